The SMILES string of the molecule is O=C(NCC(C(=O)O)C1CCOCC1)c1cnn2ccccc12. The molecule has 7 heteroatoms. The molecule has 1 aliphatic heterocycles. The zero-order valence-corrected chi connectivity index (χ0v) is 12.6. The fourth-order valence-corrected chi connectivity index (χ4v) is 2.98. The molecule has 0 bridgehead atoms. The summed E-state index contributed by atoms with van der Waals surface area (Å²) in [7, 11) is 0. The molecular weight excluding hydrogens is 298 g/mol. The van der Waals surface area contributed by atoms with Crippen LogP contribution in [-0.4, -0.2) is 46.4 Å². The van der Waals surface area contributed by atoms with E-state index in [-0.39, 0.29) is 18.4 Å². The number of amides is 1. The van der Waals surface area contributed by atoms with E-state index in [0.717, 1.165) is 0 Å². The van der Waals surface area contributed by atoms with E-state index >= 15 is 0 Å². The van der Waals surface area contributed by atoms with Crippen LogP contribution in [0.25, 0.3) is 5.52 Å². The Balaban J connectivity index is 1.68. The molecule has 1 saturated heterocycles. The number of hydrogen-bond acceptors (Lipinski definition) is 4. The highest BCUT2D eigenvalue weighted by Crippen LogP contribution is 2.24. The molecule has 1 amide bonds. The third-order valence-electron chi connectivity index (χ3n) is 4.31. The van der Waals surface area contributed by atoms with Gasteiger partial charge in [-0.3, -0.25) is 9.59 Å². The van der Waals surface area contributed by atoms with Gasteiger partial charge in [0, 0.05) is 26.0 Å². The summed E-state index contributed by atoms with van der Waals surface area (Å²) in [4.78, 5) is 23.8. The largest absolute Gasteiger partial charge is 0.481 e. The van der Waals surface area contributed by atoms with Gasteiger partial charge in [-0.25, -0.2) is 4.52 Å². The standard InChI is InChI=1S/C16H19N3O4/c20-15(13-10-18-19-6-2-1-3-14(13)19)17-9-12(16(21)22)11-4-7-23-8-5-11/h1-3,6,10-12H,4-5,7-9H2,(H,17,20)(H,21,22). The lowest BCUT2D eigenvalue weighted by molar-refractivity contribution is -0.144. The van der Waals surface area contributed by atoms with E-state index in [0.29, 0.717) is 37.1 Å². The number of ether oxygens (including phenoxy) is 1. The van der Waals surface area contributed by atoms with E-state index in [4.69, 9.17) is 4.74 Å². The van der Waals surface area contributed by atoms with Gasteiger partial charge in [0.25, 0.3) is 5.91 Å². The lowest BCUT2D eigenvalue weighted by atomic mass is 9.86. The average molecular weight is 317 g/mol. The van der Waals surface area contributed by atoms with Gasteiger partial charge in [0.05, 0.1) is 23.2 Å². The zero-order valence-electron chi connectivity index (χ0n) is 12.6. The number of rotatable bonds is 5. The first kappa shape index (κ1) is 15.5. The normalized spacial score (nSPS) is 17.0. The first-order valence-electron chi connectivity index (χ1n) is 7.68. The monoisotopic (exact) mass is 317 g/mol. The highest BCUT2D eigenvalue weighted by atomic mass is 16.5. The van der Waals surface area contributed by atoms with Crippen molar-refractivity contribution in [3.8, 4) is 0 Å². The van der Waals surface area contributed by atoms with E-state index in [1.54, 1.807) is 16.8 Å². The fraction of sp³-hybridized carbons (Fsp3) is 0.438. The van der Waals surface area contributed by atoms with Crippen LogP contribution in [0.4, 0.5) is 0 Å². The Kier molecular flexibility index (Phi) is 4.57. The molecule has 0 saturated carbocycles. The lowest BCUT2D eigenvalue weighted by Crippen LogP contribution is -2.38. The number of aromatic nitrogens is 2. The lowest BCUT2D eigenvalue weighted by Gasteiger charge is -2.27. The number of fused-ring (bicyclic) bond motifs is 1. The molecule has 122 valence electrons. The van der Waals surface area contributed by atoms with Crippen LogP contribution >= 0.6 is 0 Å². The number of carboxylic acid groups (broad SMARTS) is 1. The van der Waals surface area contributed by atoms with Crippen molar-refractivity contribution < 1.29 is 19.4 Å². The average Bonchev–Trinajstić information content (AvgIpc) is 2.99. The summed E-state index contributed by atoms with van der Waals surface area (Å²) in [5.41, 5.74) is 1.14. The Morgan fingerprint density at radius 3 is 2.91 bits per heavy atom. The smallest absolute Gasteiger partial charge is 0.308 e. The van der Waals surface area contributed by atoms with Crippen LogP contribution in [-0.2, 0) is 9.53 Å². The first-order chi connectivity index (χ1) is 11.2. The zero-order chi connectivity index (χ0) is 16.2. The van der Waals surface area contributed by atoms with Crippen molar-refractivity contribution >= 4 is 17.4 Å². The highest BCUT2D eigenvalue weighted by molar-refractivity contribution is 6.00. The summed E-state index contributed by atoms with van der Waals surface area (Å²) >= 11 is 0. The summed E-state index contributed by atoms with van der Waals surface area (Å²) in [6, 6.07) is 5.46. The number of pyridine rings is 1. The van der Waals surface area contributed by atoms with E-state index in [9.17, 15) is 14.7 Å². The molecule has 1 aliphatic rings. The molecule has 23 heavy (non-hydrogen) atoms. The molecule has 3 heterocycles. The van der Waals surface area contributed by atoms with Gasteiger partial charge in [-0.1, -0.05) is 6.07 Å². The molecular formula is C16H19N3O4. The summed E-state index contributed by atoms with van der Waals surface area (Å²) in [5.74, 6) is -1.74. The molecule has 7 nitrogen and oxygen atoms in total. The minimum absolute atomic E-state index is 0.0328. The maximum Gasteiger partial charge on any atom is 0.308 e. The van der Waals surface area contributed by atoms with Gasteiger partial charge in [-0.05, 0) is 30.9 Å². The minimum atomic E-state index is -0.878. The molecule has 1 fully saturated rings. The Hall–Kier alpha value is -2.41. The molecule has 0 aliphatic carbocycles. The maximum atomic E-state index is 12.3. The molecule has 2 aromatic rings. The van der Waals surface area contributed by atoms with Gasteiger partial charge in [0.1, 0.15) is 0 Å². The van der Waals surface area contributed by atoms with Crippen LogP contribution in [0.2, 0.25) is 0 Å². The third kappa shape index (κ3) is 3.34. The predicted octanol–water partition coefficient (Wildman–Crippen LogP) is 1.19. The summed E-state index contributed by atoms with van der Waals surface area (Å²) in [5, 5.41) is 16.3. The Morgan fingerprint density at radius 1 is 1.39 bits per heavy atom. The van der Waals surface area contributed by atoms with Crippen molar-refractivity contribution in [2.75, 3.05) is 19.8 Å². The van der Waals surface area contributed by atoms with Crippen molar-refractivity contribution in [3.05, 3.63) is 36.2 Å². The van der Waals surface area contributed by atoms with Crippen LogP contribution in [0.1, 0.15) is 23.2 Å². The van der Waals surface area contributed by atoms with Crippen molar-refractivity contribution in [1.82, 2.24) is 14.9 Å². The first-order valence-corrected chi connectivity index (χ1v) is 7.68. The van der Waals surface area contributed by atoms with Gasteiger partial charge in [-0.15, -0.1) is 0 Å². The number of carboxylic acids is 1. The summed E-state index contributed by atoms with van der Waals surface area (Å²) in [6.45, 7) is 1.27. The second kappa shape index (κ2) is 6.78. The summed E-state index contributed by atoms with van der Waals surface area (Å²) in [6.07, 6.45) is 4.68. The number of hydrogen-bond donors (Lipinski definition) is 2. The molecule has 0 radical (unpaired) electrons. The Labute approximate surface area is 133 Å². The molecule has 1 atom stereocenters. The van der Waals surface area contributed by atoms with Gasteiger partial charge in [-0.2, -0.15) is 5.10 Å². The quantitative estimate of drug-likeness (QED) is 0.864. The third-order valence-corrected chi connectivity index (χ3v) is 4.31. The number of carbonyl (C=O) groups excluding carboxylic acids is 1. The van der Waals surface area contributed by atoms with Crippen molar-refractivity contribution in [2.45, 2.75) is 12.8 Å². The molecule has 0 spiro atoms. The van der Waals surface area contributed by atoms with E-state index in [1.807, 2.05) is 12.1 Å². The molecule has 2 N–H and O–H groups in total. The number of aliphatic carboxylic acids is 1. The van der Waals surface area contributed by atoms with Crippen molar-refractivity contribution in [1.29, 1.82) is 0 Å². The fourth-order valence-electron chi connectivity index (χ4n) is 2.98. The van der Waals surface area contributed by atoms with E-state index < -0.39 is 11.9 Å². The predicted molar refractivity (Wildman–Crippen MR) is 82.2 cm³/mol. The maximum absolute atomic E-state index is 12.3. The second-order valence-corrected chi connectivity index (χ2v) is 5.69. The van der Waals surface area contributed by atoms with Crippen LogP contribution in [0.15, 0.2) is 30.6 Å². The Bertz CT molecular complexity index is 706. The molecule has 1 unspecified atom stereocenters. The molecule has 2 aromatic heterocycles. The Morgan fingerprint density at radius 2 is 2.17 bits per heavy atom. The van der Waals surface area contributed by atoms with Crippen LogP contribution < -0.4 is 5.32 Å². The van der Waals surface area contributed by atoms with Crippen molar-refractivity contribution in [3.63, 3.8) is 0 Å². The minimum Gasteiger partial charge on any atom is -0.481 e. The van der Waals surface area contributed by atoms with Gasteiger partial charge < -0.3 is 15.2 Å². The van der Waals surface area contributed by atoms with Crippen LogP contribution in [0.3, 0.4) is 0 Å². The summed E-state index contributed by atoms with van der Waals surface area (Å²) < 4.78 is 6.88. The van der Waals surface area contributed by atoms with E-state index in [2.05, 4.69) is 10.4 Å². The van der Waals surface area contributed by atoms with Gasteiger partial charge >= 0.3 is 5.97 Å². The van der Waals surface area contributed by atoms with E-state index in [1.165, 1.54) is 6.20 Å². The number of nitrogens with one attached hydrogen (secondary N) is 1. The molecule has 0 aromatic carbocycles. The van der Waals surface area contributed by atoms with Crippen LogP contribution in [0, 0.1) is 11.8 Å². The topological polar surface area (TPSA) is 92.9 Å². The second-order valence-electron chi connectivity index (χ2n) is 5.69. The number of carbonyl (C=O) groups is 2. The van der Waals surface area contributed by atoms with Gasteiger partial charge in [0.15, 0.2) is 0 Å². The highest BCUT2D eigenvalue weighted by Gasteiger charge is 2.30. The van der Waals surface area contributed by atoms with Crippen molar-refractivity contribution in [2.24, 2.45) is 11.8 Å². The molecule has 3 rings (SSSR count). The number of nitrogens with zero attached hydrogens (tertiary/aromatic N) is 2. The van der Waals surface area contributed by atoms with Gasteiger partial charge in [0.2, 0.25) is 0 Å². The van der Waals surface area contributed by atoms with Crippen LogP contribution in [0.5, 0.6) is 0 Å².